The number of aromatic amines is 1. The number of benzene rings is 1. The van der Waals surface area contributed by atoms with Crippen molar-refractivity contribution in [1.29, 1.82) is 0 Å². The number of hydrogen-bond donors (Lipinski definition) is 2. The fourth-order valence-electron chi connectivity index (χ4n) is 2.23. The van der Waals surface area contributed by atoms with Crippen molar-refractivity contribution in [2.24, 2.45) is 0 Å². The molecule has 0 aliphatic carbocycles. The molecule has 3 aromatic rings. The van der Waals surface area contributed by atoms with Crippen molar-refractivity contribution < 1.29 is 4.79 Å². The van der Waals surface area contributed by atoms with Crippen LogP contribution in [0.5, 0.6) is 0 Å². The summed E-state index contributed by atoms with van der Waals surface area (Å²) in [5.74, 6) is -0.0707. The maximum absolute atomic E-state index is 12.3. The predicted octanol–water partition coefficient (Wildman–Crippen LogP) is 2.80. The van der Waals surface area contributed by atoms with Crippen molar-refractivity contribution in [2.75, 3.05) is 0 Å². The van der Waals surface area contributed by atoms with Crippen LogP contribution >= 0.6 is 0 Å². The third kappa shape index (κ3) is 2.28. The number of nitrogens with one attached hydrogen (secondary N) is 2. The minimum absolute atomic E-state index is 0.0707. The molecule has 0 atom stereocenters. The van der Waals surface area contributed by atoms with Gasteiger partial charge in [0.1, 0.15) is 0 Å². The molecule has 0 saturated carbocycles. The molecule has 20 heavy (non-hydrogen) atoms. The van der Waals surface area contributed by atoms with Crippen LogP contribution in [0.3, 0.4) is 0 Å². The zero-order valence-corrected chi connectivity index (χ0v) is 11.2. The third-order valence-electron chi connectivity index (χ3n) is 3.41. The largest absolute Gasteiger partial charge is 0.360 e. The number of nitrogens with zero attached hydrogens (tertiary/aromatic N) is 1. The Hall–Kier alpha value is -2.62. The first-order chi connectivity index (χ1) is 9.75. The molecule has 1 aromatic carbocycles. The summed E-state index contributed by atoms with van der Waals surface area (Å²) in [5, 5.41) is 3.89. The van der Waals surface area contributed by atoms with E-state index in [0.29, 0.717) is 12.1 Å². The number of aryl methyl sites for hydroxylation is 1. The Bertz CT molecular complexity index is 761. The monoisotopic (exact) mass is 265 g/mol. The summed E-state index contributed by atoms with van der Waals surface area (Å²) in [6, 6.07) is 9.70. The van der Waals surface area contributed by atoms with Crippen molar-refractivity contribution >= 4 is 16.8 Å². The summed E-state index contributed by atoms with van der Waals surface area (Å²) in [6.45, 7) is 2.49. The van der Waals surface area contributed by atoms with Gasteiger partial charge in [0.15, 0.2) is 0 Å². The van der Waals surface area contributed by atoms with Gasteiger partial charge in [0.2, 0.25) is 0 Å². The van der Waals surface area contributed by atoms with E-state index < -0.39 is 0 Å². The average Bonchev–Trinajstić information content (AvgIpc) is 2.90. The van der Waals surface area contributed by atoms with Gasteiger partial charge in [-0.3, -0.25) is 9.78 Å². The molecule has 2 heterocycles. The van der Waals surface area contributed by atoms with Gasteiger partial charge >= 0.3 is 0 Å². The molecule has 4 heteroatoms. The van der Waals surface area contributed by atoms with Gasteiger partial charge in [0, 0.05) is 36.0 Å². The van der Waals surface area contributed by atoms with Crippen LogP contribution in [0.25, 0.3) is 10.9 Å². The van der Waals surface area contributed by atoms with Crippen LogP contribution in [0, 0.1) is 6.92 Å². The smallest absolute Gasteiger partial charge is 0.253 e. The molecule has 2 N–H and O–H groups in total. The summed E-state index contributed by atoms with van der Waals surface area (Å²) in [7, 11) is 0. The highest BCUT2D eigenvalue weighted by Gasteiger charge is 2.11. The van der Waals surface area contributed by atoms with Gasteiger partial charge in [0.05, 0.1) is 5.56 Å². The molecule has 3 rings (SSSR count). The number of pyridine rings is 1. The Morgan fingerprint density at radius 2 is 2.15 bits per heavy atom. The van der Waals surface area contributed by atoms with Crippen LogP contribution in [-0.4, -0.2) is 15.9 Å². The van der Waals surface area contributed by atoms with Crippen molar-refractivity contribution in [2.45, 2.75) is 13.5 Å². The molecule has 4 nitrogen and oxygen atoms in total. The van der Waals surface area contributed by atoms with E-state index in [4.69, 9.17) is 0 Å². The SMILES string of the molecule is Cc1cnccc1CNC(=O)c1c[nH]c2ccccc12. The molecule has 0 radical (unpaired) electrons. The number of carbonyl (C=O) groups excluding carboxylic acids is 1. The second-order valence-corrected chi connectivity index (χ2v) is 4.73. The summed E-state index contributed by atoms with van der Waals surface area (Å²) in [4.78, 5) is 19.4. The quantitative estimate of drug-likeness (QED) is 0.765. The highest BCUT2D eigenvalue weighted by atomic mass is 16.1. The second kappa shape index (κ2) is 5.17. The number of rotatable bonds is 3. The second-order valence-electron chi connectivity index (χ2n) is 4.73. The summed E-state index contributed by atoms with van der Waals surface area (Å²) in [5.41, 5.74) is 3.80. The van der Waals surface area contributed by atoms with Crippen molar-refractivity contribution in [1.82, 2.24) is 15.3 Å². The number of H-pyrrole nitrogens is 1. The minimum atomic E-state index is -0.0707. The van der Waals surface area contributed by atoms with Crippen LogP contribution < -0.4 is 5.32 Å². The standard InChI is InChI=1S/C16H15N3O/c1-11-8-17-7-6-12(11)9-19-16(20)14-10-18-15-5-3-2-4-13(14)15/h2-8,10,18H,9H2,1H3,(H,19,20). The van der Waals surface area contributed by atoms with Gasteiger partial charge in [-0.05, 0) is 30.2 Å². The average molecular weight is 265 g/mol. The Morgan fingerprint density at radius 1 is 1.30 bits per heavy atom. The molecule has 0 saturated heterocycles. The number of para-hydroxylation sites is 1. The van der Waals surface area contributed by atoms with E-state index in [-0.39, 0.29) is 5.91 Å². The van der Waals surface area contributed by atoms with Crippen LogP contribution in [0.4, 0.5) is 0 Å². The van der Waals surface area contributed by atoms with E-state index >= 15 is 0 Å². The molecule has 0 aliphatic rings. The van der Waals surface area contributed by atoms with Gasteiger partial charge in [-0.2, -0.15) is 0 Å². The highest BCUT2D eigenvalue weighted by molar-refractivity contribution is 6.06. The lowest BCUT2D eigenvalue weighted by Gasteiger charge is -2.06. The van der Waals surface area contributed by atoms with E-state index in [1.54, 1.807) is 18.6 Å². The van der Waals surface area contributed by atoms with E-state index in [2.05, 4.69) is 15.3 Å². The van der Waals surface area contributed by atoms with Crippen molar-refractivity contribution in [3.05, 3.63) is 65.6 Å². The zero-order valence-electron chi connectivity index (χ0n) is 11.2. The Morgan fingerprint density at radius 3 is 3.00 bits per heavy atom. The van der Waals surface area contributed by atoms with Crippen LogP contribution in [0.15, 0.2) is 48.9 Å². The van der Waals surface area contributed by atoms with Crippen LogP contribution in [0.1, 0.15) is 21.5 Å². The lowest BCUT2D eigenvalue weighted by molar-refractivity contribution is 0.0952. The van der Waals surface area contributed by atoms with Gasteiger partial charge in [0.25, 0.3) is 5.91 Å². The number of amides is 1. The fraction of sp³-hybridized carbons (Fsp3) is 0.125. The molecule has 0 bridgehead atoms. The van der Waals surface area contributed by atoms with Gasteiger partial charge in [-0.15, -0.1) is 0 Å². The first-order valence-corrected chi connectivity index (χ1v) is 6.49. The van der Waals surface area contributed by atoms with E-state index in [9.17, 15) is 4.79 Å². The molecule has 100 valence electrons. The zero-order chi connectivity index (χ0) is 13.9. The molecular formula is C16H15N3O. The van der Waals surface area contributed by atoms with Crippen LogP contribution in [-0.2, 0) is 6.54 Å². The van der Waals surface area contributed by atoms with Gasteiger partial charge in [-0.25, -0.2) is 0 Å². The normalized spacial score (nSPS) is 10.7. The predicted molar refractivity (Wildman–Crippen MR) is 78.4 cm³/mol. The summed E-state index contributed by atoms with van der Waals surface area (Å²) in [6.07, 6.45) is 5.28. The molecule has 0 spiro atoms. The molecular weight excluding hydrogens is 250 g/mol. The van der Waals surface area contributed by atoms with Gasteiger partial charge in [-0.1, -0.05) is 18.2 Å². The van der Waals surface area contributed by atoms with E-state index in [0.717, 1.165) is 22.0 Å². The third-order valence-corrected chi connectivity index (χ3v) is 3.41. The number of hydrogen-bond acceptors (Lipinski definition) is 2. The van der Waals surface area contributed by atoms with Crippen molar-refractivity contribution in [3.8, 4) is 0 Å². The number of fused-ring (bicyclic) bond motifs is 1. The lowest BCUT2D eigenvalue weighted by Crippen LogP contribution is -2.22. The minimum Gasteiger partial charge on any atom is -0.360 e. The first kappa shape index (κ1) is 12.4. The molecule has 0 unspecified atom stereocenters. The van der Waals surface area contributed by atoms with E-state index in [1.165, 1.54) is 0 Å². The number of aromatic nitrogens is 2. The Balaban J connectivity index is 1.79. The van der Waals surface area contributed by atoms with Crippen molar-refractivity contribution in [3.63, 3.8) is 0 Å². The lowest BCUT2D eigenvalue weighted by atomic mass is 10.1. The Labute approximate surface area is 116 Å². The van der Waals surface area contributed by atoms with Gasteiger partial charge < -0.3 is 10.3 Å². The fourth-order valence-corrected chi connectivity index (χ4v) is 2.23. The number of carbonyl (C=O) groups is 1. The summed E-state index contributed by atoms with van der Waals surface area (Å²) >= 11 is 0. The summed E-state index contributed by atoms with van der Waals surface area (Å²) < 4.78 is 0. The van der Waals surface area contributed by atoms with E-state index in [1.807, 2.05) is 37.3 Å². The topological polar surface area (TPSA) is 57.8 Å². The molecule has 2 aromatic heterocycles. The Kier molecular flexibility index (Phi) is 3.21. The maximum Gasteiger partial charge on any atom is 0.253 e. The molecule has 1 amide bonds. The maximum atomic E-state index is 12.3. The highest BCUT2D eigenvalue weighted by Crippen LogP contribution is 2.17. The molecule has 0 aliphatic heterocycles. The molecule has 0 fully saturated rings. The van der Waals surface area contributed by atoms with Crippen LogP contribution in [0.2, 0.25) is 0 Å². The first-order valence-electron chi connectivity index (χ1n) is 6.49.